The van der Waals surface area contributed by atoms with Crippen molar-refractivity contribution in [3.8, 4) is 5.75 Å². The Labute approximate surface area is 223 Å². The van der Waals surface area contributed by atoms with Gasteiger partial charge in [-0.2, -0.15) is 0 Å². The summed E-state index contributed by atoms with van der Waals surface area (Å²) < 4.78 is 17.2. The molecule has 202 valence electrons. The molecular formula is C29H35N3O6. The van der Waals surface area contributed by atoms with Crippen LogP contribution in [-0.4, -0.2) is 85.3 Å². The molecule has 2 aromatic carbocycles. The maximum absolute atomic E-state index is 13.9. The lowest BCUT2D eigenvalue weighted by Gasteiger charge is -2.44. The van der Waals surface area contributed by atoms with Gasteiger partial charge in [0.2, 0.25) is 5.91 Å². The predicted molar refractivity (Wildman–Crippen MR) is 140 cm³/mol. The van der Waals surface area contributed by atoms with Gasteiger partial charge in [-0.15, -0.1) is 0 Å². The van der Waals surface area contributed by atoms with E-state index in [-0.39, 0.29) is 30.4 Å². The van der Waals surface area contributed by atoms with E-state index in [0.29, 0.717) is 56.0 Å². The second-order valence-electron chi connectivity index (χ2n) is 10.2. The minimum atomic E-state index is -0.966. The average molecular weight is 522 g/mol. The third-order valence-corrected chi connectivity index (χ3v) is 7.74. The quantitative estimate of drug-likeness (QED) is 0.628. The zero-order valence-corrected chi connectivity index (χ0v) is 22.0. The van der Waals surface area contributed by atoms with E-state index >= 15 is 0 Å². The largest absolute Gasteiger partial charge is 0.497 e. The van der Waals surface area contributed by atoms with Crippen molar-refractivity contribution in [3.63, 3.8) is 0 Å². The number of carbonyl (C=O) groups excluding carboxylic acids is 3. The number of piperidine rings is 1. The van der Waals surface area contributed by atoms with E-state index in [1.54, 1.807) is 41.2 Å². The third kappa shape index (κ3) is 5.26. The number of nitrogens with zero attached hydrogens (tertiary/aromatic N) is 2. The number of aryl methyl sites for hydroxylation is 1. The van der Waals surface area contributed by atoms with Gasteiger partial charge < -0.3 is 24.4 Å². The predicted octanol–water partition coefficient (Wildman–Crippen LogP) is 2.77. The molecule has 0 bridgehead atoms. The molecule has 3 aliphatic heterocycles. The SMILES string of the molecule is COc1ccc(C(=O)N2[C@@H](C(=O)NC[C@H]3CCCO3)COC23CCN(C(=O)c2cccc(C)c2)CC3)cc1. The van der Waals surface area contributed by atoms with Crippen LogP contribution in [0.3, 0.4) is 0 Å². The van der Waals surface area contributed by atoms with Crippen molar-refractivity contribution in [2.24, 2.45) is 0 Å². The molecular weight excluding hydrogens is 486 g/mol. The van der Waals surface area contributed by atoms with Crippen LogP contribution in [0.25, 0.3) is 0 Å². The monoisotopic (exact) mass is 521 g/mol. The maximum atomic E-state index is 13.9. The number of ether oxygens (including phenoxy) is 3. The highest BCUT2D eigenvalue weighted by Crippen LogP contribution is 2.39. The van der Waals surface area contributed by atoms with E-state index in [1.807, 2.05) is 31.2 Å². The molecule has 3 amide bonds. The molecule has 38 heavy (non-hydrogen) atoms. The molecule has 2 aromatic rings. The molecule has 0 unspecified atom stereocenters. The van der Waals surface area contributed by atoms with Crippen LogP contribution in [0.4, 0.5) is 0 Å². The van der Waals surface area contributed by atoms with E-state index in [2.05, 4.69) is 5.32 Å². The lowest BCUT2D eigenvalue weighted by atomic mass is 9.96. The van der Waals surface area contributed by atoms with E-state index in [4.69, 9.17) is 14.2 Å². The summed E-state index contributed by atoms with van der Waals surface area (Å²) in [7, 11) is 1.57. The first-order valence-corrected chi connectivity index (χ1v) is 13.3. The molecule has 0 saturated carbocycles. The van der Waals surface area contributed by atoms with Gasteiger partial charge in [0.25, 0.3) is 11.8 Å². The maximum Gasteiger partial charge on any atom is 0.256 e. The minimum absolute atomic E-state index is 0.00292. The van der Waals surface area contributed by atoms with E-state index in [1.165, 1.54) is 0 Å². The van der Waals surface area contributed by atoms with Gasteiger partial charge in [-0.3, -0.25) is 19.3 Å². The Bertz CT molecular complexity index is 1170. The third-order valence-electron chi connectivity index (χ3n) is 7.74. The standard InChI is InChI=1S/C29H35N3O6/c1-20-5-3-6-22(17-20)27(34)31-14-12-29(13-15-31)32(28(35)21-8-10-23(36-2)11-9-21)25(19-38-29)26(33)30-18-24-7-4-16-37-24/h3,5-6,8-11,17,24-25H,4,7,12-16,18-19H2,1-2H3,(H,30,33)/t24-,25-/m1/s1. The molecule has 2 atom stereocenters. The van der Waals surface area contributed by atoms with Gasteiger partial charge in [0.15, 0.2) is 0 Å². The highest BCUT2D eigenvalue weighted by atomic mass is 16.5. The number of rotatable bonds is 6. The normalized spacial score (nSPS) is 22.5. The van der Waals surface area contributed by atoms with Gasteiger partial charge in [0.1, 0.15) is 17.5 Å². The number of hydrogen-bond donors (Lipinski definition) is 1. The van der Waals surface area contributed by atoms with Crippen molar-refractivity contribution in [2.75, 3.05) is 40.0 Å². The van der Waals surface area contributed by atoms with Crippen molar-refractivity contribution in [2.45, 2.75) is 50.5 Å². The smallest absolute Gasteiger partial charge is 0.256 e. The van der Waals surface area contributed by atoms with Crippen LogP contribution in [-0.2, 0) is 14.3 Å². The van der Waals surface area contributed by atoms with Crippen LogP contribution in [0.1, 0.15) is 52.0 Å². The zero-order valence-electron chi connectivity index (χ0n) is 22.0. The molecule has 0 aliphatic carbocycles. The van der Waals surface area contributed by atoms with Crippen molar-refractivity contribution in [1.29, 1.82) is 0 Å². The van der Waals surface area contributed by atoms with Crippen molar-refractivity contribution in [1.82, 2.24) is 15.1 Å². The Morgan fingerprint density at radius 1 is 1.05 bits per heavy atom. The van der Waals surface area contributed by atoms with Gasteiger partial charge in [-0.1, -0.05) is 17.7 Å². The minimum Gasteiger partial charge on any atom is -0.497 e. The first-order chi connectivity index (χ1) is 18.4. The van der Waals surface area contributed by atoms with Crippen molar-refractivity contribution in [3.05, 3.63) is 65.2 Å². The summed E-state index contributed by atoms with van der Waals surface area (Å²) in [6, 6.07) is 13.6. The van der Waals surface area contributed by atoms with Crippen LogP contribution >= 0.6 is 0 Å². The van der Waals surface area contributed by atoms with Crippen LogP contribution in [0.2, 0.25) is 0 Å². The van der Waals surface area contributed by atoms with Gasteiger partial charge in [-0.25, -0.2) is 0 Å². The van der Waals surface area contributed by atoms with E-state index in [0.717, 1.165) is 18.4 Å². The molecule has 0 radical (unpaired) electrons. The summed E-state index contributed by atoms with van der Waals surface area (Å²) in [5.74, 6) is 0.0709. The van der Waals surface area contributed by atoms with E-state index in [9.17, 15) is 14.4 Å². The number of hydrogen-bond acceptors (Lipinski definition) is 6. The van der Waals surface area contributed by atoms with E-state index < -0.39 is 11.8 Å². The summed E-state index contributed by atoms with van der Waals surface area (Å²) in [6.45, 7) is 4.01. The molecule has 9 heteroatoms. The Morgan fingerprint density at radius 2 is 1.82 bits per heavy atom. The number of likely N-dealkylation sites (tertiary alicyclic amines) is 1. The highest BCUT2D eigenvalue weighted by Gasteiger charge is 2.54. The average Bonchev–Trinajstić information content (AvgIpc) is 3.60. The lowest BCUT2D eigenvalue weighted by Crippen LogP contribution is -2.60. The van der Waals surface area contributed by atoms with Crippen LogP contribution in [0.5, 0.6) is 5.75 Å². The topological polar surface area (TPSA) is 97.4 Å². The summed E-state index contributed by atoms with van der Waals surface area (Å²) in [4.78, 5) is 43.8. The highest BCUT2D eigenvalue weighted by molar-refractivity contribution is 5.99. The van der Waals surface area contributed by atoms with Gasteiger partial charge in [-0.05, 0) is 56.2 Å². The first kappa shape index (κ1) is 26.2. The fourth-order valence-electron chi connectivity index (χ4n) is 5.60. The van der Waals surface area contributed by atoms with Crippen LogP contribution < -0.4 is 10.1 Å². The van der Waals surface area contributed by atoms with Crippen molar-refractivity contribution < 1.29 is 28.6 Å². The molecule has 0 aromatic heterocycles. The Kier molecular flexibility index (Phi) is 7.67. The van der Waals surface area contributed by atoms with Gasteiger partial charge in [0.05, 0.1) is 19.8 Å². The summed E-state index contributed by atoms with van der Waals surface area (Å²) in [5.41, 5.74) is 1.15. The molecule has 3 saturated heterocycles. The lowest BCUT2D eigenvalue weighted by molar-refractivity contribution is -0.128. The molecule has 1 spiro atoms. The summed E-state index contributed by atoms with van der Waals surface area (Å²) in [6.07, 6.45) is 2.72. The first-order valence-electron chi connectivity index (χ1n) is 13.3. The summed E-state index contributed by atoms with van der Waals surface area (Å²) in [5, 5.41) is 2.97. The Hall–Kier alpha value is -3.43. The Balaban J connectivity index is 1.35. The molecule has 9 nitrogen and oxygen atoms in total. The molecule has 3 heterocycles. The molecule has 3 fully saturated rings. The summed E-state index contributed by atoms with van der Waals surface area (Å²) >= 11 is 0. The second kappa shape index (κ2) is 11.1. The van der Waals surface area contributed by atoms with Crippen LogP contribution in [0, 0.1) is 6.92 Å². The number of methoxy groups -OCH3 is 1. The number of amides is 3. The van der Waals surface area contributed by atoms with Crippen molar-refractivity contribution >= 4 is 17.7 Å². The van der Waals surface area contributed by atoms with Crippen LogP contribution in [0.15, 0.2) is 48.5 Å². The fraction of sp³-hybridized carbons (Fsp3) is 0.483. The second-order valence-corrected chi connectivity index (χ2v) is 10.2. The fourth-order valence-corrected chi connectivity index (χ4v) is 5.60. The number of nitrogens with one attached hydrogen (secondary N) is 1. The molecule has 3 aliphatic rings. The number of carbonyl (C=O) groups is 3. The van der Waals surface area contributed by atoms with Gasteiger partial charge >= 0.3 is 0 Å². The number of benzene rings is 2. The zero-order chi connectivity index (χ0) is 26.7. The molecule has 1 N–H and O–H groups in total. The van der Waals surface area contributed by atoms with Gasteiger partial charge in [0, 0.05) is 50.2 Å². The molecule has 5 rings (SSSR count). The Morgan fingerprint density at radius 3 is 2.47 bits per heavy atom.